The van der Waals surface area contributed by atoms with Gasteiger partial charge >= 0.3 is 0 Å². The zero-order chi connectivity index (χ0) is 22.1. The molecule has 1 saturated carbocycles. The summed E-state index contributed by atoms with van der Waals surface area (Å²) in [5, 5.41) is 0. The predicted molar refractivity (Wildman–Crippen MR) is 129 cm³/mol. The molecule has 0 unspecified atom stereocenters. The van der Waals surface area contributed by atoms with E-state index in [9.17, 15) is 8.78 Å². The molecule has 2 heteroatoms. The van der Waals surface area contributed by atoms with E-state index in [4.69, 9.17) is 0 Å². The molecule has 0 aliphatic heterocycles. The van der Waals surface area contributed by atoms with Gasteiger partial charge in [0.1, 0.15) is 5.83 Å². The van der Waals surface area contributed by atoms with Crippen molar-refractivity contribution >= 4 is 5.83 Å². The van der Waals surface area contributed by atoms with Gasteiger partial charge in [-0.1, -0.05) is 81.6 Å². The first-order valence-corrected chi connectivity index (χ1v) is 12.3. The van der Waals surface area contributed by atoms with Crippen LogP contribution in [0.25, 0.3) is 5.83 Å². The van der Waals surface area contributed by atoms with E-state index >= 15 is 0 Å². The van der Waals surface area contributed by atoms with Gasteiger partial charge in [0.2, 0.25) is 0 Å². The molecule has 0 atom stereocenters. The zero-order valence-corrected chi connectivity index (χ0v) is 19.3. The summed E-state index contributed by atoms with van der Waals surface area (Å²) in [6.07, 6.45) is 11.7. The van der Waals surface area contributed by atoms with Crippen molar-refractivity contribution in [2.45, 2.75) is 90.4 Å². The largest absolute Gasteiger partial charge is 0.209 e. The van der Waals surface area contributed by atoms with Crippen molar-refractivity contribution in [1.29, 1.82) is 0 Å². The summed E-state index contributed by atoms with van der Waals surface area (Å²) in [5.74, 6) is 0.340. The Labute approximate surface area is 187 Å². The molecule has 0 N–H and O–H groups in total. The average molecular weight is 425 g/mol. The maximum Gasteiger partial charge on any atom is 0.161 e. The van der Waals surface area contributed by atoms with Gasteiger partial charge in [0.25, 0.3) is 0 Å². The molecule has 31 heavy (non-hydrogen) atoms. The van der Waals surface area contributed by atoms with Crippen molar-refractivity contribution in [1.82, 2.24) is 0 Å². The molecule has 0 amide bonds. The van der Waals surface area contributed by atoms with Gasteiger partial charge in [-0.2, -0.15) is 0 Å². The SMILES string of the molecule is CCCC/C(F)=C(/F)c1ccc(CCc2ccc(C3CCC(CCC)CC3)cc2)cc1. The summed E-state index contributed by atoms with van der Waals surface area (Å²) in [6, 6.07) is 16.4. The fraction of sp³-hybridized carbons (Fsp3) is 0.517. The van der Waals surface area contributed by atoms with E-state index in [0.29, 0.717) is 12.0 Å². The Balaban J connectivity index is 1.50. The van der Waals surface area contributed by atoms with Crippen LogP contribution in [0, 0.1) is 5.92 Å². The van der Waals surface area contributed by atoms with Crippen molar-refractivity contribution in [2.24, 2.45) is 5.92 Å². The van der Waals surface area contributed by atoms with Crippen LogP contribution in [-0.2, 0) is 12.8 Å². The molecular weight excluding hydrogens is 386 g/mol. The van der Waals surface area contributed by atoms with E-state index in [0.717, 1.165) is 36.7 Å². The summed E-state index contributed by atoms with van der Waals surface area (Å²) in [6.45, 7) is 4.27. The highest BCUT2D eigenvalue weighted by Gasteiger charge is 2.21. The topological polar surface area (TPSA) is 0 Å². The molecule has 0 heterocycles. The van der Waals surface area contributed by atoms with Crippen LogP contribution >= 0.6 is 0 Å². The third-order valence-corrected chi connectivity index (χ3v) is 6.89. The first kappa shape index (κ1) is 23.7. The predicted octanol–water partition coefficient (Wildman–Crippen LogP) is 9.34. The van der Waals surface area contributed by atoms with E-state index in [-0.39, 0.29) is 6.42 Å². The fourth-order valence-electron chi connectivity index (χ4n) is 4.85. The minimum atomic E-state index is -0.709. The lowest BCUT2D eigenvalue weighted by molar-refractivity contribution is 0.308. The molecule has 0 nitrogen and oxygen atoms in total. The smallest absolute Gasteiger partial charge is 0.161 e. The molecule has 0 saturated heterocycles. The lowest BCUT2D eigenvalue weighted by Crippen LogP contribution is -2.13. The molecule has 1 aliphatic rings. The number of benzene rings is 2. The van der Waals surface area contributed by atoms with Crippen LogP contribution < -0.4 is 0 Å². The van der Waals surface area contributed by atoms with Gasteiger partial charge in [0.05, 0.1) is 0 Å². The Hall–Kier alpha value is -1.96. The van der Waals surface area contributed by atoms with Crippen molar-refractivity contribution in [3.05, 3.63) is 76.6 Å². The van der Waals surface area contributed by atoms with Crippen LogP contribution in [0.1, 0.15) is 99.8 Å². The lowest BCUT2D eigenvalue weighted by Gasteiger charge is -2.28. The van der Waals surface area contributed by atoms with Crippen molar-refractivity contribution < 1.29 is 8.78 Å². The number of aryl methyl sites for hydroxylation is 2. The van der Waals surface area contributed by atoms with E-state index in [1.165, 1.54) is 49.7 Å². The van der Waals surface area contributed by atoms with Crippen LogP contribution in [0.15, 0.2) is 54.4 Å². The summed E-state index contributed by atoms with van der Waals surface area (Å²) in [5.41, 5.74) is 4.33. The highest BCUT2D eigenvalue weighted by atomic mass is 19.2. The maximum atomic E-state index is 14.2. The second kappa shape index (κ2) is 12.2. The molecular formula is C29H38F2. The standard InChI is InChI=1S/C29H38F2/c1-3-5-7-28(30)29(31)27-20-14-24(15-21-27)9-8-23-12-18-26(19-13-23)25-16-10-22(6-4-2)11-17-25/h12-15,18-22,25H,3-11,16-17H2,1-2H3/b29-28-. The third-order valence-electron chi connectivity index (χ3n) is 6.89. The van der Waals surface area contributed by atoms with Gasteiger partial charge in [0.15, 0.2) is 5.83 Å². The number of hydrogen-bond donors (Lipinski definition) is 0. The Bertz CT molecular complexity index is 809. The Morgan fingerprint density at radius 3 is 1.90 bits per heavy atom. The maximum absolute atomic E-state index is 14.2. The van der Waals surface area contributed by atoms with Gasteiger partial charge < -0.3 is 0 Å². The van der Waals surface area contributed by atoms with Crippen molar-refractivity contribution in [3.63, 3.8) is 0 Å². The second-order valence-electron chi connectivity index (χ2n) is 9.27. The van der Waals surface area contributed by atoms with E-state index in [2.05, 4.69) is 31.2 Å². The highest BCUT2D eigenvalue weighted by molar-refractivity contribution is 5.61. The zero-order valence-electron chi connectivity index (χ0n) is 19.3. The van der Waals surface area contributed by atoms with Crippen molar-refractivity contribution in [2.75, 3.05) is 0 Å². The molecule has 3 rings (SSSR count). The summed E-state index contributed by atoms with van der Waals surface area (Å²) >= 11 is 0. The number of allylic oxidation sites excluding steroid dienone is 1. The first-order chi connectivity index (χ1) is 15.1. The fourth-order valence-corrected chi connectivity index (χ4v) is 4.85. The minimum Gasteiger partial charge on any atom is -0.209 e. The molecule has 1 fully saturated rings. The van der Waals surface area contributed by atoms with Crippen LogP contribution in [0.2, 0.25) is 0 Å². The van der Waals surface area contributed by atoms with E-state index in [1.54, 1.807) is 12.1 Å². The summed E-state index contributed by atoms with van der Waals surface area (Å²) in [4.78, 5) is 0. The van der Waals surface area contributed by atoms with Gasteiger partial charge in [-0.05, 0) is 73.5 Å². The molecule has 2 aromatic carbocycles. The average Bonchev–Trinajstić information content (AvgIpc) is 2.82. The monoisotopic (exact) mass is 424 g/mol. The molecule has 168 valence electrons. The number of rotatable bonds is 10. The molecule has 1 aliphatic carbocycles. The third kappa shape index (κ3) is 7.02. The normalized spacial score (nSPS) is 19.9. The first-order valence-electron chi connectivity index (χ1n) is 12.3. The molecule has 2 aromatic rings. The van der Waals surface area contributed by atoms with Crippen LogP contribution in [0.4, 0.5) is 8.78 Å². The number of unbranched alkanes of at least 4 members (excludes halogenated alkanes) is 1. The summed E-state index contributed by atoms with van der Waals surface area (Å²) in [7, 11) is 0. The van der Waals surface area contributed by atoms with Gasteiger partial charge in [-0.3, -0.25) is 0 Å². The number of hydrogen-bond acceptors (Lipinski definition) is 0. The Morgan fingerprint density at radius 2 is 1.35 bits per heavy atom. The molecule has 0 aromatic heterocycles. The number of halogens is 2. The van der Waals surface area contributed by atoms with E-state index < -0.39 is 11.7 Å². The second-order valence-corrected chi connectivity index (χ2v) is 9.27. The van der Waals surface area contributed by atoms with Crippen LogP contribution in [-0.4, -0.2) is 0 Å². The van der Waals surface area contributed by atoms with Gasteiger partial charge in [0, 0.05) is 12.0 Å². The quantitative estimate of drug-likeness (QED) is 0.356. The summed E-state index contributed by atoms with van der Waals surface area (Å²) < 4.78 is 28.1. The minimum absolute atomic E-state index is 0.181. The van der Waals surface area contributed by atoms with Crippen molar-refractivity contribution in [3.8, 4) is 0 Å². The van der Waals surface area contributed by atoms with Gasteiger partial charge in [-0.15, -0.1) is 0 Å². The molecule has 0 spiro atoms. The Kier molecular flexibility index (Phi) is 9.31. The lowest BCUT2D eigenvalue weighted by atomic mass is 9.77. The van der Waals surface area contributed by atoms with Gasteiger partial charge in [-0.25, -0.2) is 8.78 Å². The highest BCUT2D eigenvalue weighted by Crippen LogP contribution is 2.37. The van der Waals surface area contributed by atoms with Crippen LogP contribution in [0.3, 0.4) is 0 Å². The van der Waals surface area contributed by atoms with Crippen LogP contribution in [0.5, 0.6) is 0 Å². The molecule has 0 radical (unpaired) electrons. The molecule has 0 bridgehead atoms. The van der Waals surface area contributed by atoms with E-state index in [1.807, 2.05) is 19.1 Å². The Morgan fingerprint density at radius 1 is 0.774 bits per heavy atom.